The number of carbonyl (C=O) groups is 1. The number of carboxylic acids is 1. The summed E-state index contributed by atoms with van der Waals surface area (Å²) >= 11 is 0. The number of hydrogen-bond donors (Lipinski definition) is 2. The van der Waals surface area contributed by atoms with Crippen LogP contribution >= 0.6 is 0 Å². The highest BCUT2D eigenvalue weighted by atomic mass is 32.2. The van der Waals surface area contributed by atoms with Crippen LogP contribution in [0, 0.1) is 0 Å². The van der Waals surface area contributed by atoms with Crippen LogP contribution in [-0.4, -0.2) is 53.9 Å². The van der Waals surface area contributed by atoms with E-state index in [1.165, 1.54) is 20.9 Å². The summed E-state index contributed by atoms with van der Waals surface area (Å²) in [6.45, 7) is 2.75. The number of aliphatic hydroxyl groups is 1. The zero-order valence-corrected chi connectivity index (χ0v) is 9.21. The van der Waals surface area contributed by atoms with E-state index >= 15 is 0 Å². The number of sulfonamides is 1. The van der Waals surface area contributed by atoms with Crippen LogP contribution in [0.5, 0.6) is 0 Å². The molecule has 0 unspecified atom stereocenters. The summed E-state index contributed by atoms with van der Waals surface area (Å²) < 4.78 is 23.3. The van der Waals surface area contributed by atoms with Gasteiger partial charge in [0.25, 0.3) is 0 Å². The van der Waals surface area contributed by atoms with Crippen molar-refractivity contribution in [3.63, 3.8) is 0 Å². The van der Waals surface area contributed by atoms with Crippen LogP contribution < -0.4 is 0 Å². The van der Waals surface area contributed by atoms with Crippen molar-refractivity contribution in [1.29, 1.82) is 0 Å². The van der Waals surface area contributed by atoms with Crippen LogP contribution in [-0.2, 0) is 14.8 Å². The van der Waals surface area contributed by atoms with Gasteiger partial charge < -0.3 is 10.2 Å². The van der Waals surface area contributed by atoms with E-state index in [0.717, 1.165) is 4.31 Å². The van der Waals surface area contributed by atoms with Crippen molar-refractivity contribution in [2.24, 2.45) is 0 Å². The summed E-state index contributed by atoms with van der Waals surface area (Å²) in [4.78, 5) is 10.2. The highest BCUT2D eigenvalue weighted by Gasteiger charge is 2.26. The van der Waals surface area contributed by atoms with Crippen molar-refractivity contribution in [3.05, 3.63) is 0 Å². The molecule has 0 radical (unpaired) electrons. The Labute approximate surface area is 83.2 Å². The summed E-state index contributed by atoms with van der Waals surface area (Å²) in [5, 5.41) is 17.7. The smallest absolute Gasteiger partial charge is 0.320 e. The molecule has 0 aliphatic carbocycles. The van der Waals surface area contributed by atoms with Gasteiger partial charge in [-0.25, -0.2) is 12.7 Å². The summed E-state index contributed by atoms with van der Waals surface area (Å²) in [6, 6.07) is 0. The first kappa shape index (κ1) is 13.3. The lowest BCUT2D eigenvalue weighted by Gasteiger charge is -2.24. The Kier molecular flexibility index (Phi) is 4.04. The van der Waals surface area contributed by atoms with Gasteiger partial charge in [-0.15, -0.1) is 0 Å². The van der Waals surface area contributed by atoms with Gasteiger partial charge in [-0.1, -0.05) is 0 Å². The lowest BCUT2D eigenvalue weighted by molar-refractivity contribution is -0.134. The Morgan fingerprint density at radius 1 is 1.43 bits per heavy atom. The summed E-state index contributed by atoms with van der Waals surface area (Å²) in [5.74, 6) is -2.37. The predicted octanol–water partition coefficient (Wildman–Crippen LogP) is -0.896. The zero-order valence-electron chi connectivity index (χ0n) is 8.39. The number of rotatable bonds is 5. The van der Waals surface area contributed by atoms with E-state index in [9.17, 15) is 18.3 Å². The Hall–Kier alpha value is -0.660. The van der Waals surface area contributed by atoms with E-state index in [2.05, 4.69) is 0 Å². The molecule has 0 spiro atoms. The molecule has 2 N–H and O–H groups in total. The van der Waals surface area contributed by atoms with E-state index in [4.69, 9.17) is 5.11 Å². The van der Waals surface area contributed by atoms with Gasteiger partial charge in [0.15, 0.2) is 5.75 Å². The van der Waals surface area contributed by atoms with Gasteiger partial charge >= 0.3 is 5.97 Å². The average Bonchev–Trinajstić information content (AvgIpc) is 1.79. The molecule has 0 aromatic heterocycles. The van der Waals surface area contributed by atoms with Crippen molar-refractivity contribution in [2.45, 2.75) is 19.4 Å². The zero-order chi connectivity index (χ0) is 11.6. The standard InChI is InChI=1S/C7H15NO5S/c1-7(2,11)5-8(3)14(12,13)4-6(9)10/h11H,4-5H2,1-3H3,(H,9,10). The fraction of sp³-hybridized carbons (Fsp3) is 0.857. The normalized spacial score (nSPS) is 13.2. The molecule has 0 saturated heterocycles. The second kappa shape index (κ2) is 4.24. The molecular formula is C7H15NO5S. The molecule has 0 saturated carbocycles. The van der Waals surface area contributed by atoms with Crippen LogP contribution in [0.2, 0.25) is 0 Å². The van der Waals surface area contributed by atoms with Crippen LogP contribution in [0.3, 0.4) is 0 Å². The molecule has 0 aliphatic rings. The molecule has 0 rings (SSSR count). The largest absolute Gasteiger partial charge is 0.480 e. The van der Waals surface area contributed by atoms with E-state index in [1.54, 1.807) is 0 Å². The molecule has 0 aromatic carbocycles. The van der Waals surface area contributed by atoms with Gasteiger partial charge in [0.05, 0.1) is 5.60 Å². The monoisotopic (exact) mass is 225 g/mol. The highest BCUT2D eigenvalue weighted by Crippen LogP contribution is 2.07. The van der Waals surface area contributed by atoms with Gasteiger partial charge in [-0.3, -0.25) is 4.79 Å². The maximum absolute atomic E-state index is 11.3. The first-order valence-electron chi connectivity index (χ1n) is 3.93. The highest BCUT2D eigenvalue weighted by molar-refractivity contribution is 7.89. The third-order valence-electron chi connectivity index (χ3n) is 1.39. The van der Waals surface area contributed by atoms with Gasteiger partial charge in [-0.05, 0) is 13.8 Å². The van der Waals surface area contributed by atoms with Gasteiger partial charge in [0, 0.05) is 13.6 Å². The number of likely N-dealkylation sites (N-methyl/N-ethyl adjacent to an activating group) is 1. The van der Waals surface area contributed by atoms with Crippen molar-refractivity contribution >= 4 is 16.0 Å². The second-order valence-electron chi connectivity index (χ2n) is 3.72. The molecule has 6 nitrogen and oxygen atoms in total. The van der Waals surface area contributed by atoms with Crippen molar-refractivity contribution < 1.29 is 23.4 Å². The molecule has 0 atom stereocenters. The number of hydrogen-bond acceptors (Lipinski definition) is 4. The first-order valence-corrected chi connectivity index (χ1v) is 5.54. The Morgan fingerprint density at radius 3 is 2.14 bits per heavy atom. The van der Waals surface area contributed by atoms with Crippen molar-refractivity contribution in [1.82, 2.24) is 4.31 Å². The first-order chi connectivity index (χ1) is 6.04. The average molecular weight is 225 g/mol. The molecule has 0 bridgehead atoms. The Morgan fingerprint density at radius 2 is 1.86 bits per heavy atom. The summed E-state index contributed by atoms with van der Waals surface area (Å²) in [5.41, 5.74) is -1.18. The summed E-state index contributed by atoms with van der Waals surface area (Å²) in [6.07, 6.45) is 0. The van der Waals surface area contributed by atoms with E-state index in [-0.39, 0.29) is 6.54 Å². The molecule has 0 aromatic rings. The fourth-order valence-corrected chi connectivity index (χ4v) is 1.95. The van der Waals surface area contributed by atoms with Crippen LogP contribution in [0.4, 0.5) is 0 Å². The second-order valence-corrected chi connectivity index (χ2v) is 5.79. The molecule has 0 heterocycles. The number of nitrogens with zero attached hydrogens (tertiary/aromatic N) is 1. The minimum atomic E-state index is -3.82. The predicted molar refractivity (Wildman–Crippen MR) is 50.4 cm³/mol. The molecule has 7 heteroatoms. The lowest BCUT2D eigenvalue weighted by atomic mass is 10.1. The molecule has 0 fully saturated rings. The quantitative estimate of drug-likeness (QED) is 0.632. The van der Waals surface area contributed by atoms with Gasteiger partial charge in [-0.2, -0.15) is 0 Å². The number of carboxylic acid groups (broad SMARTS) is 1. The van der Waals surface area contributed by atoms with E-state index in [1.807, 2.05) is 0 Å². The minimum Gasteiger partial charge on any atom is -0.480 e. The Balaban J connectivity index is 4.53. The SMILES string of the molecule is CN(CC(C)(C)O)S(=O)(=O)CC(=O)O. The van der Waals surface area contributed by atoms with Gasteiger partial charge in [0.2, 0.25) is 10.0 Å². The topological polar surface area (TPSA) is 94.9 Å². The third kappa shape index (κ3) is 5.15. The minimum absolute atomic E-state index is 0.136. The molecule has 0 aliphatic heterocycles. The molecule has 0 amide bonds. The van der Waals surface area contributed by atoms with E-state index in [0.29, 0.717) is 0 Å². The number of aliphatic carboxylic acids is 1. The lowest BCUT2D eigenvalue weighted by Crippen LogP contribution is -2.41. The molecule has 84 valence electrons. The Bertz CT molecular complexity index is 303. The molecule has 14 heavy (non-hydrogen) atoms. The van der Waals surface area contributed by atoms with Crippen LogP contribution in [0.1, 0.15) is 13.8 Å². The third-order valence-corrected chi connectivity index (χ3v) is 3.08. The molecular weight excluding hydrogens is 210 g/mol. The van der Waals surface area contributed by atoms with Crippen LogP contribution in [0.15, 0.2) is 0 Å². The summed E-state index contributed by atoms with van der Waals surface area (Å²) in [7, 11) is -2.59. The maximum atomic E-state index is 11.3. The van der Waals surface area contributed by atoms with Crippen LogP contribution in [0.25, 0.3) is 0 Å². The maximum Gasteiger partial charge on any atom is 0.320 e. The van der Waals surface area contributed by atoms with Gasteiger partial charge in [0.1, 0.15) is 0 Å². The fourth-order valence-electron chi connectivity index (χ4n) is 0.909. The van der Waals surface area contributed by atoms with Crippen molar-refractivity contribution in [2.75, 3.05) is 19.3 Å². The van der Waals surface area contributed by atoms with E-state index < -0.39 is 27.3 Å². The van der Waals surface area contributed by atoms with Crippen molar-refractivity contribution in [3.8, 4) is 0 Å².